The van der Waals surface area contributed by atoms with Crippen LogP contribution in [0.25, 0.3) is 0 Å². The Hall–Kier alpha value is -1.44. The number of benzene rings is 2. The predicted molar refractivity (Wildman–Crippen MR) is 82.7 cm³/mol. The van der Waals surface area contributed by atoms with Crippen LogP contribution in [0.5, 0.6) is 0 Å². The number of sulfonamides is 1. The van der Waals surface area contributed by atoms with E-state index in [1.54, 1.807) is 30.3 Å². The van der Waals surface area contributed by atoms with Crippen LogP contribution in [0.4, 0.5) is 10.1 Å². The summed E-state index contributed by atoms with van der Waals surface area (Å²) in [6, 6.07) is 10.7. The lowest BCUT2D eigenvalue weighted by molar-refractivity contribution is 0.282. The van der Waals surface area contributed by atoms with Crippen molar-refractivity contribution in [3.8, 4) is 0 Å². The van der Waals surface area contributed by atoms with E-state index in [1.165, 1.54) is 12.1 Å². The number of aliphatic hydroxyl groups is 1. The molecule has 2 N–H and O–H groups in total. The second-order valence-corrected chi connectivity index (χ2v) is 7.10. The molecule has 2 aromatic carbocycles. The fourth-order valence-electron chi connectivity index (χ4n) is 1.81. The van der Waals surface area contributed by atoms with E-state index in [0.717, 1.165) is 0 Å². The highest BCUT2D eigenvalue weighted by Crippen LogP contribution is 2.21. The SMILES string of the molecule is O=S(=O)(Cc1cccc(CO)c1)Nc1ccc(Br)cc1F. The largest absolute Gasteiger partial charge is 0.392 e. The molecule has 0 spiro atoms. The van der Waals surface area contributed by atoms with Crippen LogP contribution in [0.3, 0.4) is 0 Å². The minimum atomic E-state index is -3.73. The Labute approximate surface area is 130 Å². The molecule has 2 aromatic rings. The topological polar surface area (TPSA) is 66.4 Å². The van der Waals surface area contributed by atoms with E-state index < -0.39 is 15.8 Å². The van der Waals surface area contributed by atoms with Gasteiger partial charge in [-0.15, -0.1) is 0 Å². The fraction of sp³-hybridized carbons (Fsp3) is 0.143. The van der Waals surface area contributed by atoms with Crippen LogP contribution in [-0.4, -0.2) is 13.5 Å². The molecule has 7 heteroatoms. The smallest absolute Gasteiger partial charge is 0.237 e. The molecule has 0 saturated heterocycles. The number of rotatable bonds is 5. The first-order valence-corrected chi connectivity index (χ1v) is 8.48. The summed E-state index contributed by atoms with van der Waals surface area (Å²) in [5.41, 5.74) is 1.04. The van der Waals surface area contributed by atoms with Crippen LogP contribution in [0.15, 0.2) is 46.9 Å². The summed E-state index contributed by atoms with van der Waals surface area (Å²) in [7, 11) is -3.73. The van der Waals surface area contributed by atoms with Gasteiger partial charge in [0.15, 0.2) is 0 Å². The Kier molecular flexibility index (Phi) is 4.97. The van der Waals surface area contributed by atoms with Crippen molar-refractivity contribution in [3.63, 3.8) is 0 Å². The average Bonchev–Trinajstić information content (AvgIpc) is 2.41. The lowest BCUT2D eigenvalue weighted by atomic mass is 10.1. The summed E-state index contributed by atoms with van der Waals surface area (Å²) in [5.74, 6) is -0.951. The lowest BCUT2D eigenvalue weighted by Gasteiger charge is -2.10. The van der Waals surface area contributed by atoms with Crippen molar-refractivity contribution >= 4 is 31.6 Å². The zero-order chi connectivity index (χ0) is 15.5. The third kappa shape index (κ3) is 4.52. The highest BCUT2D eigenvalue weighted by Gasteiger charge is 2.14. The van der Waals surface area contributed by atoms with Crippen molar-refractivity contribution in [2.24, 2.45) is 0 Å². The third-order valence-electron chi connectivity index (χ3n) is 2.73. The maximum atomic E-state index is 13.6. The van der Waals surface area contributed by atoms with E-state index in [9.17, 15) is 12.8 Å². The maximum absolute atomic E-state index is 13.6. The first-order chi connectivity index (χ1) is 9.89. The van der Waals surface area contributed by atoms with Crippen LogP contribution in [0.1, 0.15) is 11.1 Å². The molecule has 0 fully saturated rings. The van der Waals surface area contributed by atoms with Gasteiger partial charge in [-0.2, -0.15) is 0 Å². The minimum Gasteiger partial charge on any atom is -0.392 e. The van der Waals surface area contributed by atoms with E-state index in [0.29, 0.717) is 15.6 Å². The molecule has 2 rings (SSSR count). The summed E-state index contributed by atoms with van der Waals surface area (Å²) in [5, 5.41) is 9.04. The van der Waals surface area contributed by atoms with Gasteiger partial charge in [0.05, 0.1) is 18.0 Å². The number of anilines is 1. The van der Waals surface area contributed by atoms with Gasteiger partial charge >= 0.3 is 0 Å². The molecule has 0 radical (unpaired) electrons. The van der Waals surface area contributed by atoms with Crippen molar-refractivity contribution in [2.45, 2.75) is 12.4 Å². The highest BCUT2D eigenvalue weighted by atomic mass is 79.9. The van der Waals surface area contributed by atoms with Gasteiger partial charge in [0.25, 0.3) is 0 Å². The van der Waals surface area contributed by atoms with Crippen LogP contribution >= 0.6 is 15.9 Å². The van der Waals surface area contributed by atoms with Gasteiger partial charge in [0.1, 0.15) is 5.82 Å². The number of halogens is 2. The molecule has 0 bridgehead atoms. The molecule has 0 unspecified atom stereocenters. The molecule has 0 aliphatic carbocycles. The monoisotopic (exact) mass is 373 g/mol. The van der Waals surface area contributed by atoms with E-state index in [-0.39, 0.29) is 18.0 Å². The van der Waals surface area contributed by atoms with E-state index >= 15 is 0 Å². The van der Waals surface area contributed by atoms with Crippen LogP contribution in [0, 0.1) is 5.82 Å². The van der Waals surface area contributed by atoms with Gasteiger partial charge in [0.2, 0.25) is 10.0 Å². The first kappa shape index (κ1) is 15.9. The van der Waals surface area contributed by atoms with Gasteiger partial charge < -0.3 is 5.11 Å². The van der Waals surface area contributed by atoms with Crippen molar-refractivity contribution in [2.75, 3.05) is 4.72 Å². The van der Waals surface area contributed by atoms with Gasteiger partial charge in [0, 0.05) is 4.47 Å². The Morgan fingerprint density at radius 3 is 2.52 bits per heavy atom. The Bertz CT molecular complexity index is 750. The summed E-state index contributed by atoms with van der Waals surface area (Å²) >= 11 is 3.10. The summed E-state index contributed by atoms with van der Waals surface area (Å²) < 4.78 is 40.5. The molecule has 0 saturated carbocycles. The maximum Gasteiger partial charge on any atom is 0.237 e. The third-order valence-corrected chi connectivity index (χ3v) is 4.46. The molecular weight excluding hydrogens is 361 g/mol. The fourth-order valence-corrected chi connectivity index (χ4v) is 3.34. The number of hydrogen-bond acceptors (Lipinski definition) is 3. The number of aliphatic hydroxyl groups excluding tert-OH is 1. The van der Waals surface area contributed by atoms with E-state index in [1.807, 2.05) is 0 Å². The molecule has 4 nitrogen and oxygen atoms in total. The standard InChI is InChI=1S/C14H13BrFNO3S/c15-12-4-5-14(13(16)7-12)17-21(19,20)9-11-3-1-2-10(6-11)8-18/h1-7,17-18H,8-9H2. The van der Waals surface area contributed by atoms with Crippen molar-refractivity contribution in [3.05, 3.63) is 63.9 Å². The van der Waals surface area contributed by atoms with Gasteiger partial charge in [-0.25, -0.2) is 12.8 Å². The number of hydrogen-bond donors (Lipinski definition) is 2. The zero-order valence-electron chi connectivity index (χ0n) is 10.9. The molecule has 0 aliphatic heterocycles. The molecule has 21 heavy (non-hydrogen) atoms. The Morgan fingerprint density at radius 1 is 1.14 bits per heavy atom. The summed E-state index contributed by atoms with van der Waals surface area (Å²) in [6.45, 7) is -0.164. The predicted octanol–water partition coefficient (Wildman–Crippen LogP) is 3.02. The average molecular weight is 374 g/mol. The van der Waals surface area contributed by atoms with Crippen molar-refractivity contribution in [1.29, 1.82) is 0 Å². The number of nitrogens with one attached hydrogen (secondary N) is 1. The molecule has 0 heterocycles. The van der Waals surface area contributed by atoms with Crippen LogP contribution in [0.2, 0.25) is 0 Å². The summed E-state index contributed by atoms with van der Waals surface area (Å²) in [6.07, 6.45) is 0. The quantitative estimate of drug-likeness (QED) is 0.846. The van der Waals surface area contributed by atoms with Gasteiger partial charge in [-0.1, -0.05) is 40.2 Å². The lowest BCUT2D eigenvalue weighted by Crippen LogP contribution is -2.16. The molecular formula is C14H13BrFNO3S. The van der Waals surface area contributed by atoms with Crippen molar-refractivity contribution in [1.82, 2.24) is 0 Å². The Balaban J connectivity index is 2.18. The van der Waals surface area contributed by atoms with E-state index in [2.05, 4.69) is 20.7 Å². The van der Waals surface area contributed by atoms with Crippen molar-refractivity contribution < 1.29 is 17.9 Å². The molecule has 0 aromatic heterocycles. The molecule has 0 atom stereocenters. The highest BCUT2D eigenvalue weighted by molar-refractivity contribution is 9.10. The van der Waals surface area contributed by atoms with Gasteiger partial charge in [-0.3, -0.25) is 4.72 Å². The van der Waals surface area contributed by atoms with E-state index in [4.69, 9.17) is 5.11 Å². The minimum absolute atomic E-state index is 0.100. The van der Waals surface area contributed by atoms with Crippen LogP contribution in [-0.2, 0) is 22.4 Å². The normalized spacial score (nSPS) is 11.4. The van der Waals surface area contributed by atoms with Gasteiger partial charge in [-0.05, 0) is 29.3 Å². The second-order valence-electron chi connectivity index (χ2n) is 4.46. The van der Waals surface area contributed by atoms with Crippen LogP contribution < -0.4 is 4.72 Å². The summed E-state index contributed by atoms with van der Waals surface area (Å²) in [4.78, 5) is 0. The zero-order valence-corrected chi connectivity index (χ0v) is 13.3. The second kappa shape index (κ2) is 6.55. The molecule has 112 valence electrons. The Morgan fingerprint density at radius 2 is 1.86 bits per heavy atom. The molecule has 0 amide bonds. The first-order valence-electron chi connectivity index (χ1n) is 6.04. The molecule has 0 aliphatic rings.